The van der Waals surface area contributed by atoms with E-state index in [2.05, 4.69) is 9.71 Å². The van der Waals surface area contributed by atoms with Gasteiger partial charge in [-0.1, -0.05) is 11.6 Å². The van der Waals surface area contributed by atoms with E-state index in [1.807, 2.05) is 11.8 Å². The van der Waals surface area contributed by atoms with E-state index in [9.17, 15) is 16.8 Å². The van der Waals surface area contributed by atoms with Crippen LogP contribution in [0.2, 0.25) is 5.02 Å². The molecule has 1 aliphatic heterocycles. The molecule has 1 aromatic heterocycles. The van der Waals surface area contributed by atoms with E-state index in [1.54, 1.807) is 19.2 Å². The van der Waals surface area contributed by atoms with E-state index >= 15 is 0 Å². The molecule has 1 atom stereocenters. The van der Waals surface area contributed by atoms with Crippen LogP contribution in [0.5, 0.6) is 0 Å². The molecule has 1 aliphatic rings. The highest BCUT2D eigenvalue weighted by atomic mass is 35.5. The first kappa shape index (κ1) is 20.5. The number of rotatable bonds is 5. The van der Waals surface area contributed by atoms with Crippen molar-refractivity contribution in [2.45, 2.75) is 24.8 Å². The molecule has 148 valence electrons. The molecule has 3 rings (SSSR count). The quantitative estimate of drug-likeness (QED) is 0.752. The van der Waals surface area contributed by atoms with Crippen LogP contribution in [0.1, 0.15) is 22.9 Å². The predicted octanol–water partition coefficient (Wildman–Crippen LogP) is 2.38. The number of hydrogen-bond acceptors (Lipinski definition) is 7. The Morgan fingerprint density at radius 1 is 1.30 bits per heavy atom. The van der Waals surface area contributed by atoms with Crippen molar-refractivity contribution in [3.63, 3.8) is 0 Å². The molecule has 11 heteroatoms. The highest BCUT2D eigenvalue weighted by molar-refractivity contribution is 7.91. The van der Waals surface area contributed by atoms with E-state index in [1.165, 1.54) is 23.5 Å². The van der Waals surface area contributed by atoms with Crippen LogP contribution in [0.25, 0.3) is 0 Å². The SMILES string of the molecule is Cc1ncc(C(C)NS(=O)(=O)c2ccc(N3CCS(=O)(=O)CC3)c(Cl)c2)s1. The zero-order valence-corrected chi connectivity index (χ0v) is 18.1. The van der Waals surface area contributed by atoms with Crippen LogP contribution < -0.4 is 9.62 Å². The second-order valence-electron chi connectivity index (χ2n) is 6.38. The lowest BCUT2D eigenvalue weighted by Crippen LogP contribution is -2.40. The van der Waals surface area contributed by atoms with Crippen molar-refractivity contribution in [1.29, 1.82) is 0 Å². The molecule has 27 heavy (non-hydrogen) atoms. The molecule has 1 fully saturated rings. The van der Waals surface area contributed by atoms with Gasteiger partial charge in [-0.15, -0.1) is 11.3 Å². The Hall–Kier alpha value is -1.20. The monoisotopic (exact) mass is 449 g/mol. The molecule has 0 spiro atoms. The average molecular weight is 450 g/mol. The third-order valence-electron chi connectivity index (χ3n) is 4.31. The fourth-order valence-corrected chi connectivity index (χ4v) is 6.48. The Balaban J connectivity index is 1.78. The van der Waals surface area contributed by atoms with E-state index in [-0.39, 0.29) is 21.4 Å². The van der Waals surface area contributed by atoms with E-state index in [0.717, 1.165) is 9.88 Å². The molecule has 1 unspecified atom stereocenters. The summed E-state index contributed by atoms with van der Waals surface area (Å²) in [6, 6.07) is 4.09. The molecule has 2 heterocycles. The summed E-state index contributed by atoms with van der Waals surface area (Å²) in [6.07, 6.45) is 1.66. The molecule has 0 saturated carbocycles. The number of benzene rings is 1. The maximum atomic E-state index is 12.7. The number of sulfonamides is 1. The topological polar surface area (TPSA) is 96.4 Å². The molecule has 0 amide bonds. The molecular weight excluding hydrogens is 430 g/mol. The number of aryl methyl sites for hydroxylation is 1. The Morgan fingerprint density at radius 3 is 2.52 bits per heavy atom. The Labute approximate surface area is 168 Å². The minimum atomic E-state index is -3.76. The van der Waals surface area contributed by atoms with Crippen LogP contribution in [-0.2, 0) is 19.9 Å². The van der Waals surface area contributed by atoms with E-state index < -0.39 is 25.9 Å². The smallest absolute Gasteiger partial charge is 0.241 e. The summed E-state index contributed by atoms with van der Waals surface area (Å²) in [5, 5.41) is 1.14. The van der Waals surface area contributed by atoms with Gasteiger partial charge in [-0.3, -0.25) is 0 Å². The summed E-state index contributed by atoms with van der Waals surface area (Å²) in [5.41, 5.74) is 0.636. The summed E-state index contributed by atoms with van der Waals surface area (Å²) in [5.74, 6) is 0.132. The molecule has 1 aromatic carbocycles. The molecule has 0 aliphatic carbocycles. The van der Waals surface area contributed by atoms with Crippen molar-refractivity contribution < 1.29 is 16.8 Å². The van der Waals surface area contributed by atoms with Gasteiger partial charge >= 0.3 is 0 Å². The fraction of sp³-hybridized carbons (Fsp3) is 0.438. The number of thiazole rings is 1. The summed E-state index contributed by atoms with van der Waals surface area (Å²) in [6.45, 7) is 4.30. The van der Waals surface area contributed by atoms with Gasteiger partial charge in [0, 0.05) is 24.2 Å². The zero-order valence-electron chi connectivity index (χ0n) is 14.8. The Kier molecular flexibility index (Phi) is 5.83. The van der Waals surface area contributed by atoms with Crippen LogP contribution in [0.4, 0.5) is 5.69 Å². The second-order valence-corrected chi connectivity index (χ2v) is 12.1. The van der Waals surface area contributed by atoms with Gasteiger partial charge in [0.25, 0.3) is 0 Å². The molecule has 1 saturated heterocycles. The minimum absolute atomic E-state index is 0.0639. The Morgan fingerprint density at radius 2 is 1.96 bits per heavy atom. The van der Waals surface area contributed by atoms with Gasteiger partial charge in [0.1, 0.15) is 0 Å². The van der Waals surface area contributed by atoms with Crippen LogP contribution in [0, 0.1) is 6.92 Å². The summed E-state index contributed by atoms with van der Waals surface area (Å²) in [7, 11) is -6.76. The van der Waals surface area contributed by atoms with Crippen LogP contribution in [0.3, 0.4) is 0 Å². The van der Waals surface area contributed by atoms with Gasteiger partial charge in [-0.2, -0.15) is 0 Å². The average Bonchev–Trinajstić information content (AvgIpc) is 3.01. The van der Waals surface area contributed by atoms with Crippen LogP contribution >= 0.6 is 22.9 Å². The summed E-state index contributed by atoms with van der Waals surface area (Å²) < 4.78 is 51.1. The van der Waals surface area contributed by atoms with Crippen molar-refractivity contribution >= 4 is 48.5 Å². The number of nitrogens with zero attached hydrogens (tertiary/aromatic N) is 2. The first-order chi connectivity index (χ1) is 12.6. The van der Waals surface area contributed by atoms with Gasteiger partial charge in [0.05, 0.1) is 38.2 Å². The highest BCUT2D eigenvalue weighted by Gasteiger charge is 2.25. The Bertz CT molecular complexity index is 1040. The van der Waals surface area contributed by atoms with Gasteiger partial charge in [-0.25, -0.2) is 26.5 Å². The highest BCUT2D eigenvalue weighted by Crippen LogP contribution is 2.30. The largest absolute Gasteiger partial charge is 0.368 e. The molecule has 7 nitrogen and oxygen atoms in total. The molecule has 1 N–H and O–H groups in total. The first-order valence-corrected chi connectivity index (χ1v) is 12.8. The maximum absolute atomic E-state index is 12.7. The number of halogens is 1. The van der Waals surface area contributed by atoms with Crippen molar-refractivity contribution in [2.75, 3.05) is 29.5 Å². The van der Waals surface area contributed by atoms with E-state index in [4.69, 9.17) is 11.6 Å². The van der Waals surface area contributed by atoms with Crippen LogP contribution in [0.15, 0.2) is 29.3 Å². The maximum Gasteiger partial charge on any atom is 0.241 e. The zero-order chi connectivity index (χ0) is 19.8. The van der Waals surface area contributed by atoms with Crippen molar-refractivity contribution in [3.05, 3.63) is 39.3 Å². The van der Waals surface area contributed by atoms with Gasteiger partial charge in [0.15, 0.2) is 9.84 Å². The van der Waals surface area contributed by atoms with Crippen molar-refractivity contribution in [2.24, 2.45) is 0 Å². The van der Waals surface area contributed by atoms with Crippen molar-refractivity contribution in [1.82, 2.24) is 9.71 Å². The fourth-order valence-electron chi connectivity index (χ4n) is 2.80. The standard InChI is InChI=1S/C16H20ClN3O4S3/c1-11(16-10-18-12(2)25-16)19-27(23,24)13-3-4-15(14(17)9-13)20-5-7-26(21,22)8-6-20/h3-4,9-11,19H,5-8H2,1-2H3. The lowest BCUT2D eigenvalue weighted by molar-refractivity contribution is 0.568. The van der Waals surface area contributed by atoms with Crippen LogP contribution in [-0.4, -0.2) is 46.4 Å². The second kappa shape index (κ2) is 7.67. The summed E-state index contributed by atoms with van der Waals surface area (Å²) >= 11 is 7.74. The number of anilines is 1. The third kappa shape index (κ3) is 4.80. The van der Waals surface area contributed by atoms with Crippen molar-refractivity contribution in [3.8, 4) is 0 Å². The molecular formula is C16H20ClN3O4S3. The molecule has 0 radical (unpaired) electrons. The number of hydrogen-bond donors (Lipinski definition) is 1. The summed E-state index contributed by atoms with van der Waals surface area (Å²) in [4.78, 5) is 6.89. The lowest BCUT2D eigenvalue weighted by Gasteiger charge is -2.29. The normalized spacial score (nSPS) is 18.4. The lowest BCUT2D eigenvalue weighted by atomic mass is 10.3. The predicted molar refractivity (Wildman–Crippen MR) is 108 cm³/mol. The van der Waals surface area contributed by atoms with Gasteiger partial charge in [0.2, 0.25) is 10.0 Å². The number of aromatic nitrogens is 1. The molecule has 0 bridgehead atoms. The minimum Gasteiger partial charge on any atom is -0.368 e. The first-order valence-electron chi connectivity index (χ1n) is 8.27. The van der Waals surface area contributed by atoms with E-state index in [0.29, 0.717) is 18.8 Å². The van der Waals surface area contributed by atoms with Gasteiger partial charge < -0.3 is 4.90 Å². The third-order valence-corrected chi connectivity index (χ3v) is 8.86. The van der Waals surface area contributed by atoms with Gasteiger partial charge in [-0.05, 0) is 32.0 Å². The number of sulfone groups is 1. The molecule has 2 aromatic rings. The number of nitrogens with one attached hydrogen (secondary N) is 1.